The minimum atomic E-state index is -0.509. The van der Waals surface area contributed by atoms with Gasteiger partial charge in [0.15, 0.2) is 0 Å². The van der Waals surface area contributed by atoms with Crippen LogP contribution in [0.5, 0.6) is 0 Å². The van der Waals surface area contributed by atoms with Gasteiger partial charge in [0.25, 0.3) is 5.91 Å². The number of nitrogens with zero attached hydrogens (tertiary/aromatic N) is 3. The molecule has 1 heterocycles. The van der Waals surface area contributed by atoms with E-state index in [-0.39, 0.29) is 18.0 Å². The molecule has 0 spiro atoms. The molecular formula is C14H13FN4OS. The molecule has 1 amide bonds. The molecule has 0 aliphatic heterocycles. The summed E-state index contributed by atoms with van der Waals surface area (Å²) < 4.78 is 17.5. The van der Waals surface area contributed by atoms with Crippen LogP contribution in [-0.2, 0) is 13.0 Å². The predicted molar refractivity (Wildman–Crippen MR) is 76.2 cm³/mol. The Balaban J connectivity index is 2.04. The monoisotopic (exact) mass is 304 g/mol. The van der Waals surface area contributed by atoms with Crippen molar-refractivity contribution >= 4 is 17.4 Å². The molecule has 0 aliphatic rings. The van der Waals surface area contributed by atoms with Gasteiger partial charge in [0.1, 0.15) is 10.7 Å². The quantitative estimate of drug-likeness (QED) is 0.920. The molecule has 2 rings (SSSR count). The number of aryl methyl sites for hydroxylation is 1. The standard InChI is InChI=1S/C14H13FN4OS/c1-2-3-12-13(21-19-18-12)14(20)17-8-10-5-4-9(7-16)6-11(10)15/h4-6H,2-3,8H2,1H3,(H,17,20). The van der Waals surface area contributed by atoms with Crippen LogP contribution in [0.2, 0.25) is 0 Å². The molecular weight excluding hydrogens is 291 g/mol. The molecule has 7 heteroatoms. The maximum Gasteiger partial charge on any atom is 0.265 e. The summed E-state index contributed by atoms with van der Waals surface area (Å²) in [6, 6.07) is 6.02. The van der Waals surface area contributed by atoms with Gasteiger partial charge in [-0.15, -0.1) is 5.10 Å². The van der Waals surface area contributed by atoms with Gasteiger partial charge in [0, 0.05) is 12.1 Å². The lowest BCUT2D eigenvalue weighted by Crippen LogP contribution is -2.23. The van der Waals surface area contributed by atoms with Crippen LogP contribution in [-0.4, -0.2) is 15.5 Å². The van der Waals surface area contributed by atoms with E-state index in [0.29, 0.717) is 22.6 Å². The minimum Gasteiger partial charge on any atom is -0.347 e. The van der Waals surface area contributed by atoms with Crippen molar-refractivity contribution in [1.82, 2.24) is 14.9 Å². The van der Waals surface area contributed by atoms with E-state index in [4.69, 9.17) is 5.26 Å². The molecule has 1 aromatic carbocycles. The second-order valence-electron chi connectivity index (χ2n) is 4.40. The first-order valence-corrected chi connectivity index (χ1v) is 7.21. The van der Waals surface area contributed by atoms with E-state index >= 15 is 0 Å². The van der Waals surface area contributed by atoms with E-state index in [1.807, 2.05) is 13.0 Å². The van der Waals surface area contributed by atoms with Gasteiger partial charge in [-0.1, -0.05) is 23.9 Å². The number of rotatable bonds is 5. The van der Waals surface area contributed by atoms with Crippen LogP contribution >= 0.6 is 11.5 Å². The van der Waals surface area contributed by atoms with Gasteiger partial charge in [-0.25, -0.2) is 4.39 Å². The Morgan fingerprint density at radius 2 is 2.33 bits per heavy atom. The fourth-order valence-corrected chi connectivity index (χ4v) is 2.42. The topological polar surface area (TPSA) is 78.7 Å². The lowest BCUT2D eigenvalue weighted by atomic mass is 10.1. The van der Waals surface area contributed by atoms with Crippen molar-refractivity contribution in [2.24, 2.45) is 0 Å². The fraction of sp³-hybridized carbons (Fsp3) is 0.286. The van der Waals surface area contributed by atoms with Gasteiger partial charge in [0.2, 0.25) is 0 Å². The molecule has 0 atom stereocenters. The van der Waals surface area contributed by atoms with Gasteiger partial charge >= 0.3 is 0 Å². The van der Waals surface area contributed by atoms with Crippen molar-refractivity contribution in [3.05, 3.63) is 45.7 Å². The van der Waals surface area contributed by atoms with Crippen molar-refractivity contribution in [1.29, 1.82) is 5.26 Å². The summed E-state index contributed by atoms with van der Waals surface area (Å²) in [5.41, 5.74) is 1.25. The van der Waals surface area contributed by atoms with Crippen LogP contribution in [0.1, 0.15) is 39.8 Å². The van der Waals surface area contributed by atoms with Gasteiger partial charge in [-0.05, 0) is 30.1 Å². The Kier molecular flexibility index (Phi) is 4.95. The van der Waals surface area contributed by atoms with Gasteiger partial charge < -0.3 is 5.32 Å². The highest BCUT2D eigenvalue weighted by atomic mass is 32.1. The predicted octanol–water partition coefficient (Wildman–Crippen LogP) is 2.43. The zero-order valence-corrected chi connectivity index (χ0v) is 12.2. The lowest BCUT2D eigenvalue weighted by molar-refractivity contribution is 0.0953. The van der Waals surface area contributed by atoms with Crippen molar-refractivity contribution in [3.63, 3.8) is 0 Å². The summed E-state index contributed by atoms with van der Waals surface area (Å²) in [6.45, 7) is 2.05. The average Bonchev–Trinajstić information content (AvgIpc) is 2.94. The lowest BCUT2D eigenvalue weighted by Gasteiger charge is -2.06. The molecule has 0 fully saturated rings. The second-order valence-corrected chi connectivity index (χ2v) is 5.15. The number of carbonyl (C=O) groups is 1. The van der Waals surface area contributed by atoms with E-state index in [0.717, 1.165) is 24.0 Å². The maximum absolute atomic E-state index is 13.7. The van der Waals surface area contributed by atoms with E-state index in [9.17, 15) is 9.18 Å². The van der Waals surface area contributed by atoms with Crippen molar-refractivity contribution in [2.75, 3.05) is 0 Å². The third-order valence-corrected chi connectivity index (χ3v) is 3.64. The summed E-state index contributed by atoms with van der Waals surface area (Å²) in [5, 5.41) is 15.2. The van der Waals surface area contributed by atoms with Gasteiger partial charge in [-0.3, -0.25) is 4.79 Å². The Morgan fingerprint density at radius 1 is 1.52 bits per heavy atom. The zero-order chi connectivity index (χ0) is 15.2. The smallest absolute Gasteiger partial charge is 0.265 e. The molecule has 0 unspecified atom stereocenters. The normalized spacial score (nSPS) is 10.1. The highest BCUT2D eigenvalue weighted by Gasteiger charge is 2.15. The summed E-state index contributed by atoms with van der Waals surface area (Å²) in [7, 11) is 0. The summed E-state index contributed by atoms with van der Waals surface area (Å²) in [5.74, 6) is -0.817. The van der Waals surface area contributed by atoms with E-state index in [2.05, 4.69) is 14.9 Å². The third-order valence-electron chi connectivity index (χ3n) is 2.87. The van der Waals surface area contributed by atoms with Gasteiger partial charge in [-0.2, -0.15) is 5.26 Å². The number of nitrogens with one attached hydrogen (secondary N) is 1. The van der Waals surface area contributed by atoms with Gasteiger partial charge in [0.05, 0.1) is 17.3 Å². The highest BCUT2D eigenvalue weighted by Crippen LogP contribution is 2.14. The van der Waals surface area contributed by atoms with Crippen LogP contribution in [0.4, 0.5) is 4.39 Å². The molecule has 0 aliphatic carbocycles. The maximum atomic E-state index is 13.7. The van der Waals surface area contributed by atoms with Crippen LogP contribution in [0.3, 0.4) is 0 Å². The Bertz CT molecular complexity index is 693. The number of carbonyl (C=O) groups excluding carboxylic acids is 1. The van der Waals surface area contributed by atoms with E-state index in [1.54, 1.807) is 0 Å². The Labute approximate surface area is 125 Å². The van der Waals surface area contributed by atoms with Crippen molar-refractivity contribution in [3.8, 4) is 6.07 Å². The van der Waals surface area contributed by atoms with Crippen LogP contribution in [0.15, 0.2) is 18.2 Å². The van der Waals surface area contributed by atoms with Crippen molar-refractivity contribution in [2.45, 2.75) is 26.3 Å². The van der Waals surface area contributed by atoms with Crippen LogP contribution < -0.4 is 5.32 Å². The Hall–Kier alpha value is -2.33. The third kappa shape index (κ3) is 3.61. The molecule has 0 saturated carbocycles. The highest BCUT2D eigenvalue weighted by molar-refractivity contribution is 7.08. The average molecular weight is 304 g/mol. The van der Waals surface area contributed by atoms with Crippen LogP contribution in [0.25, 0.3) is 0 Å². The van der Waals surface area contributed by atoms with E-state index < -0.39 is 5.82 Å². The molecule has 0 radical (unpaired) electrons. The molecule has 21 heavy (non-hydrogen) atoms. The van der Waals surface area contributed by atoms with E-state index in [1.165, 1.54) is 12.1 Å². The fourth-order valence-electron chi connectivity index (χ4n) is 1.80. The number of hydrogen-bond donors (Lipinski definition) is 1. The Morgan fingerprint density at radius 3 is 3.00 bits per heavy atom. The summed E-state index contributed by atoms with van der Waals surface area (Å²) >= 11 is 1.03. The number of hydrogen-bond acceptors (Lipinski definition) is 5. The molecule has 108 valence electrons. The molecule has 1 aromatic heterocycles. The first-order valence-electron chi connectivity index (χ1n) is 6.43. The molecule has 0 saturated heterocycles. The molecule has 2 aromatic rings. The first-order chi connectivity index (χ1) is 10.2. The zero-order valence-electron chi connectivity index (χ0n) is 11.4. The summed E-state index contributed by atoms with van der Waals surface area (Å²) in [6.07, 6.45) is 1.56. The number of nitriles is 1. The van der Waals surface area contributed by atoms with Crippen molar-refractivity contribution < 1.29 is 9.18 Å². The number of aromatic nitrogens is 2. The first kappa shape index (κ1) is 15.1. The molecule has 0 bridgehead atoms. The number of amides is 1. The molecule has 1 N–H and O–H groups in total. The number of benzene rings is 1. The van der Waals surface area contributed by atoms with Crippen LogP contribution in [0, 0.1) is 17.1 Å². The largest absolute Gasteiger partial charge is 0.347 e. The SMILES string of the molecule is CCCc1nnsc1C(=O)NCc1ccc(C#N)cc1F. The summed E-state index contributed by atoms with van der Waals surface area (Å²) in [4.78, 5) is 12.5. The minimum absolute atomic E-state index is 0.0554. The molecule has 5 nitrogen and oxygen atoms in total. The number of halogens is 1. The second kappa shape index (κ2) is 6.90.